The molecule has 0 radical (unpaired) electrons. The number of hydrogen-bond acceptors (Lipinski definition) is 7. The smallest absolute Gasteiger partial charge is 0.275 e. The number of rotatable bonds is 12. The van der Waals surface area contributed by atoms with E-state index < -0.39 is 15.9 Å². The van der Waals surface area contributed by atoms with E-state index in [-0.39, 0.29) is 17.1 Å². The van der Waals surface area contributed by atoms with Gasteiger partial charge in [-0.1, -0.05) is 51.9 Å². The Hall–Kier alpha value is -1.92. The summed E-state index contributed by atoms with van der Waals surface area (Å²) >= 11 is 1.07. The van der Waals surface area contributed by atoms with E-state index in [2.05, 4.69) is 16.6 Å². The summed E-state index contributed by atoms with van der Waals surface area (Å²) in [7, 11) is -3.67. The highest BCUT2D eigenvalue weighted by molar-refractivity contribution is 7.90. The van der Waals surface area contributed by atoms with Crippen LogP contribution < -0.4 is 4.72 Å². The zero-order chi connectivity index (χ0) is 20.6. The van der Waals surface area contributed by atoms with Crippen LogP contribution in [0.1, 0.15) is 79.4 Å². The Labute approximate surface area is 170 Å². The van der Waals surface area contributed by atoms with Gasteiger partial charge in [-0.25, -0.2) is 18.1 Å². The number of nitrogens with zero attached hydrogens (tertiary/aromatic N) is 2. The number of hydrogen-bond donors (Lipinski definition) is 1. The molecule has 0 fully saturated rings. The van der Waals surface area contributed by atoms with E-state index in [1.807, 2.05) is 6.07 Å². The summed E-state index contributed by atoms with van der Waals surface area (Å²) in [5, 5.41) is 8.70. The van der Waals surface area contributed by atoms with E-state index in [9.17, 15) is 13.2 Å². The third kappa shape index (κ3) is 6.31. The van der Waals surface area contributed by atoms with Gasteiger partial charge in [0.05, 0.1) is 11.8 Å². The number of aromatic nitrogens is 1. The van der Waals surface area contributed by atoms with Gasteiger partial charge in [0.25, 0.3) is 5.91 Å². The minimum absolute atomic E-state index is 0.0509. The summed E-state index contributed by atoms with van der Waals surface area (Å²) in [6.07, 6.45) is 8.48. The van der Waals surface area contributed by atoms with E-state index in [0.717, 1.165) is 30.6 Å². The number of unbranched alkanes of at least 4 members (excludes halogenated alkanes) is 7. The standard InChI is InChI=1S/C19H27N3O4S2/c1-3-4-5-6-7-8-9-10-13-28(24,25)22-18(23)17-14(2)16-19(27-17)21-15(26-16)11-12-20/h3-11,13H2,1-2H3,(H,22,23). The van der Waals surface area contributed by atoms with Crippen LogP contribution in [0.5, 0.6) is 0 Å². The second-order valence-corrected chi connectivity index (χ2v) is 9.70. The highest BCUT2D eigenvalue weighted by atomic mass is 32.2. The number of aryl methyl sites for hydroxylation is 1. The van der Waals surface area contributed by atoms with Crippen molar-refractivity contribution in [3.8, 4) is 6.07 Å². The highest BCUT2D eigenvalue weighted by Crippen LogP contribution is 2.31. The van der Waals surface area contributed by atoms with Crippen molar-refractivity contribution in [2.24, 2.45) is 0 Å². The Morgan fingerprint density at radius 3 is 2.43 bits per heavy atom. The van der Waals surface area contributed by atoms with Crippen LogP contribution in [0, 0.1) is 18.3 Å². The number of thiophene rings is 1. The lowest BCUT2D eigenvalue weighted by atomic mass is 10.1. The van der Waals surface area contributed by atoms with Crippen molar-refractivity contribution >= 4 is 37.7 Å². The lowest BCUT2D eigenvalue weighted by Crippen LogP contribution is -2.32. The summed E-state index contributed by atoms with van der Waals surface area (Å²) in [5.41, 5.74) is 0.970. The minimum atomic E-state index is -3.67. The van der Waals surface area contributed by atoms with Crippen LogP contribution in [-0.4, -0.2) is 25.1 Å². The Balaban J connectivity index is 1.84. The Bertz CT molecular complexity index is 938. The summed E-state index contributed by atoms with van der Waals surface area (Å²) in [4.78, 5) is 17.3. The fourth-order valence-electron chi connectivity index (χ4n) is 2.96. The summed E-state index contributed by atoms with van der Waals surface area (Å²) < 4.78 is 32.0. The van der Waals surface area contributed by atoms with Crippen LogP contribution in [0.4, 0.5) is 0 Å². The van der Waals surface area contributed by atoms with Gasteiger partial charge in [-0.3, -0.25) is 4.79 Å². The average Bonchev–Trinajstić information content (AvgIpc) is 3.16. The van der Waals surface area contributed by atoms with E-state index in [1.165, 1.54) is 25.7 Å². The number of nitriles is 1. The Kier molecular flexibility index (Phi) is 8.45. The molecule has 0 aliphatic heterocycles. The summed E-state index contributed by atoms with van der Waals surface area (Å²) in [5.74, 6) is -0.419. The van der Waals surface area contributed by atoms with Crippen molar-refractivity contribution in [3.05, 3.63) is 16.3 Å². The first-order chi connectivity index (χ1) is 13.4. The second kappa shape index (κ2) is 10.6. The molecule has 1 amide bonds. The van der Waals surface area contributed by atoms with E-state index >= 15 is 0 Å². The normalized spacial score (nSPS) is 11.6. The van der Waals surface area contributed by atoms with Gasteiger partial charge in [0.15, 0.2) is 10.4 Å². The average molecular weight is 426 g/mol. The monoisotopic (exact) mass is 425 g/mol. The first kappa shape index (κ1) is 22.4. The van der Waals surface area contributed by atoms with Crippen LogP contribution in [0.25, 0.3) is 10.4 Å². The molecule has 2 aromatic heterocycles. The lowest BCUT2D eigenvalue weighted by Gasteiger charge is -2.06. The first-order valence-corrected chi connectivity index (χ1v) is 12.2. The fourth-order valence-corrected chi connectivity index (χ4v) is 5.11. The molecule has 7 nitrogen and oxygen atoms in total. The van der Waals surface area contributed by atoms with Crippen LogP contribution in [0.2, 0.25) is 0 Å². The predicted octanol–water partition coefficient (Wildman–Crippen LogP) is 4.46. The molecule has 154 valence electrons. The zero-order valence-electron chi connectivity index (χ0n) is 16.4. The molecule has 0 saturated carbocycles. The van der Waals surface area contributed by atoms with Crippen LogP contribution in [0.15, 0.2) is 4.42 Å². The number of oxazole rings is 1. The zero-order valence-corrected chi connectivity index (χ0v) is 18.0. The first-order valence-electron chi connectivity index (χ1n) is 9.68. The number of amides is 1. The largest absolute Gasteiger partial charge is 0.438 e. The number of sulfonamides is 1. The number of nitrogens with one attached hydrogen (secondary N) is 1. The van der Waals surface area contributed by atoms with Gasteiger partial charge < -0.3 is 4.42 Å². The predicted molar refractivity (Wildman–Crippen MR) is 110 cm³/mol. The molecule has 0 aliphatic rings. The number of fused-ring (bicyclic) bond motifs is 1. The van der Waals surface area contributed by atoms with Gasteiger partial charge in [0, 0.05) is 5.56 Å². The van der Waals surface area contributed by atoms with Gasteiger partial charge in [0.2, 0.25) is 15.9 Å². The quantitative estimate of drug-likeness (QED) is 0.502. The Morgan fingerprint density at radius 1 is 1.18 bits per heavy atom. The van der Waals surface area contributed by atoms with Crippen molar-refractivity contribution < 1.29 is 17.6 Å². The molecule has 0 unspecified atom stereocenters. The molecular formula is C19H27N3O4S2. The fraction of sp³-hybridized carbons (Fsp3) is 0.632. The molecule has 28 heavy (non-hydrogen) atoms. The number of carbonyl (C=O) groups excluding carboxylic acids is 1. The summed E-state index contributed by atoms with van der Waals surface area (Å²) in [6.45, 7) is 3.86. The van der Waals surface area contributed by atoms with Crippen molar-refractivity contribution in [1.29, 1.82) is 5.26 Å². The van der Waals surface area contributed by atoms with Crippen molar-refractivity contribution in [3.63, 3.8) is 0 Å². The Morgan fingerprint density at radius 2 is 1.82 bits per heavy atom. The van der Waals surface area contributed by atoms with E-state index in [4.69, 9.17) is 9.68 Å². The van der Waals surface area contributed by atoms with Gasteiger partial charge in [-0.05, 0) is 13.3 Å². The highest BCUT2D eigenvalue weighted by Gasteiger charge is 2.23. The minimum Gasteiger partial charge on any atom is -0.438 e. The van der Waals surface area contributed by atoms with Crippen molar-refractivity contribution in [2.75, 3.05) is 5.75 Å². The van der Waals surface area contributed by atoms with Crippen LogP contribution in [-0.2, 0) is 16.4 Å². The molecule has 2 aromatic rings. The van der Waals surface area contributed by atoms with Crippen LogP contribution in [0.3, 0.4) is 0 Å². The van der Waals surface area contributed by atoms with Gasteiger partial charge in [-0.2, -0.15) is 5.26 Å². The lowest BCUT2D eigenvalue weighted by molar-refractivity contribution is 0.0984. The molecule has 0 spiro atoms. The maximum atomic E-state index is 12.4. The maximum absolute atomic E-state index is 12.4. The van der Waals surface area contributed by atoms with Gasteiger partial charge in [0.1, 0.15) is 11.3 Å². The molecule has 1 N–H and O–H groups in total. The molecule has 0 aromatic carbocycles. The van der Waals surface area contributed by atoms with E-state index in [0.29, 0.717) is 28.3 Å². The van der Waals surface area contributed by atoms with Gasteiger partial charge >= 0.3 is 0 Å². The molecule has 9 heteroatoms. The van der Waals surface area contributed by atoms with Crippen LogP contribution >= 0.6 is 11.3 Å². The molecule has 0 atom stereocenters. The molecule has 0 bridgehead atoms. The third-order valence-corrected chi connectivity index (χ3v) is 6.96. The third-order valence-electron chi connectivity index (χ3n) is 4.47. The molecule has 0 aliphatic carbocycles. The topological polar surface area (TPSA) is 113 Å². The molecule has 0 saturated heterocycles. The molecule has 2 rings (SSSR count). The second-order valence-electron chi connectivity index (χ2n) is 6.86. The van der Waals surface area contributed by atoms with Crippen molar-refractivity contribution in [2.45, 2.75) is 71.6 Å². The molecular weight excluding hydrogens is 398 g/mol. The SMILES string of the molecule is CCCCCCCCCCS(=O)(=O)NC(=O)c1sc2nc(CC#N)oc2c1C. The van der Waals surface area contributed by atoms with Gasteiger partial charge in [-0.15, -0.1) is 11.3 Å². The van der Waals surface area contributed by atoms with E-state index in [1.54, 1.807) is 6.92 Å². The molecule has 2 heterocycles. The maximum Gasteiger partial charge on any atom is 0.275 e. The summed E-state index contributed by atoms with van der Waals surface area (Å²) in [6, 6.07) is 1.95. The number of carbonyl (C=O) groups is 1. The van der Waals surface area contributed by atoms with Crippen molar-refractivity contribution in [1.82, 2.24) is 9.71 Å².